The van der Waals surface area contributed by atoms with E-state index in [0.29, 0.717) is 31.1 Å². The van der Waals surface area contributed by atoms with Crippen molar-refractivity contribution in [3.8, 4) is 0 Å². The van der Waals surface area contributed by atoms with Crippen LogP contribution in [0.5, 0.6) is 0 Å². The lowest BCUT2D eigenvalue weighted by Gasteiger charge is -2.47. The van der Waals surface area contributed by atoms with Crippen molar-refractivity contribution in [2.75, 3.05) is 0 Å². The lowest BCUT2D eigenvalue weighted by atomic mass is 9.57. The van der Waals surface area contributed by atoms with Crippen LogP contribution in [0.25, 0.3) is 0 Å². The van der Waals surface area contributed by atoms with Crippen LogP contribution < -0.4 is 0 Å². The molecule has 3 N–H and O–H groups in total. The number of carbonyl (C=O) groups is 1. The fourth-order valence-electron chi connectivity index (χ4n) is 8.03. The summed E-state index contributed by atoms with van der Waals surface area (Å²) in [6.07, 6.45) is 17.6. The molecule has 0 aromatic carbocycles. The molecule has 0 aliphatic heterocycles. The van der Waals surface area contributed by atoms with E-state index < -0.39 is 23.7 Å². The molecule has 4 rings (SSSR count). The first-order chi connectivity index (χ1) is 17.4. The highest BCUT2D eigenvalue weighted by molar-refractivity contribution is 5.88. The molecule has 4 heteroatoms. The Morgan fingerprint density at radius 2 is 1.92 bits per heavy atom. The van der Waals surface area contributed by atoms with Crippen molar-refractivity contribution in [1.82, 2.24) is 0 Å². The summed E-state index contributed by atoms with van der Waals surface area (Å²) in [7, 11) is 0. The highest BCUT2D eigenvalue weighted by atomic mass is 16.3. The van der Waals surface area contributed by atoms with E-state index in [-0.39, 0.29) is 16.6 Å². The Hall–Kier alpha value is -1.49. The second kappa shape index (κ2) is 10.9. The van der Waals surface area contributed by atoms with Gasteiger partial charge in [-0.25, -0.2) is 0 Å². The van der Waals surface area contributed by atoms with Crippen molar-refractivity contribution >= 4 is 5.78 Å². The molecule has 0 aromatic heterocycles. The molecule has 0 spiro atoms. The fourth-order valence-corrected chi connectivity index (χ4v) is 8.03. The highest BCUT2D eigenvalue weighted by Gasteiger charge is 2.55. The van der Waals surface area contributed by atoms with E-state index in [0.717, 1.165) is 49.7 Å². The minimum atomic E-state index is -0.677. The van der Waals surface area contributed by atoms with E-state index in [4.69, 9.17) is 0 Å². The number of unbranched alkanes of at least 4 members (excludes halogenated alkanes) is 1. The molecule has 206 valence electrons. The molecule has 0 amide bonds. The summed E-state index contributed by atoms with van der Waals surface area (Å²) >= 11 is 0. The zero-order valence-electron chi connectivity index (χ0n) is 23.6. The van der Waals surface area contributed by atoms with Gasteiger partial charge >= 0.3 is 0 Å². The van der Waals surface area contributed by atoms with Crippen LogP contribution in [0.1, 0.15) is 105 Å². The molecule has 0 bridgehead atoms. The van der Waals surface area contributed by atoms with Crippen LogP contribution in [0, 0.1) is 28.1 Å². The monoisotopic (exact) mass is 510 g/mol. The summed E-state index contributed by atoms with van der Waals surface area (Å²) in [6, 6.07) is 0. The van der Waals surface area contributed by atoms with Crippen molar-refractivity contribution < 1.29 is 20.1 Å². The lowest BCUT2D eigenvalue weighted by Crippen LogP contribution is -2.39. The molecule has 0 heterocycles. The maximum atomic E-state index is 12.8. The second-order valence-corrected chi connectivity index (χ2v) is 13.4. The largest absolute Gasteiger partial charge is 0.393 e. The van der Waals surface area contributed by atoms with Crippen LogP contribution in [0.4, 0.5) is 0 Å². The van der Waals surface area contributed by atoms with Gasteiger partial charge in [0, 0.05) is 12.8 Å². The molecular formula is C33H50O4. The normalized spacial score (nSPS) is 36.8. The van der Waals surface area contributed by atoms with Gasteiger partial charge in [-0.3, -0.25) is 4.79 Å². The summed E-state index contributed by atoms with van der Waals surface area (Å²) in [5, 5.41) is 31.4. The maximum Gasteiger partial charge on any atom is 0.141 e. The van der Waals surface area contributed by atoms with Crippen molar-refractivity contribution in [2.24, 2.45) is 28.1 Å². The first-order valence-electron chi connectivity index (χ1n) is 14.8. The summed E-state index contributed by atoms with van der Waals surface area (Å²) in [5.74, 6) is 1.27. The number of allylic oxidation sites excluding steroid dienone is 4. The van der Waals surface area contributed by atoms with Gasteiger partial charge in [-0.15, -0.1) is 0 Å². The van der Waals surface area contributed by atoms with Gasteiger partial charge in [-0.2, -0.15) is 0 Å². The molecule has 0 radical (unpaired) electrons. The quantitative estimate of drug-likeness (QED) is 0.305. The molecule has 4 aliphatic rings. The maximum absolute atomic E-state index is 12.8. The van der Waals surface area contributed by atoms with Crippen molar-refractivity contribution in [3.63, 3.8) is 0 Å². The standard InChI is InChI=1S/C33H50O4/c1-6-7-10-29(36)33(18-19-33)30(37)15-17-31(3,4)28-14-13-26-23(9-8-16-32(26,28)5)11-12-24-20-25(34)21-27(35)22(24)2/h11-12,15,17,25-28,30,34-35,37H,2,6-10,13-14,16,18-21H2,1,3-5H3/t25-,26+,27+,28-,30+,32+/m1/s1. The summed E-state index contributed by atoms with van der Waals surface area (Å²) in [6.45, 7) is 13.3. The predicted molar refractivity (Wildman–Crippen MR) is 150 cm³/mol. The smallest absolute Gasteiger partial charge is 0.141 e. The molecule has 4 aliphatic carbocycles. The van der Waals surface area contributed by atoms with Gasteiger partial charge in [0.15, 0.2) is 0 Å². The van der Waals surface area contributed by atoms with Gasteiger partial charge in [-0.05, 0) is 91.6 Å². The van der Waals surface area contributed by atoms with Crippen molar-refractivity contribution in [1.29, 1.82) is 0 Å². The van der Waals surface area contributed by atoms with E-state index >= 15 is 0 Å². The highest BCUT2D eigenvalue weighted by Crippen LogP contribution is 2.62. The van der Waals surface area contributed by atoms with Gasteiger partial charge in [0.2, 0.25) is 0 Å². The molecule has 0 unspecified atom stereocenters. The number of aliphatic hydroxyl groups excluding tert-OH is 3. The van der Waals surface area contributed by atoms with Gasteiger partial charge in [0.05, 0.1) is 23.7 Å². The number of hydrogen-bond acceptors (Lipinski definition) is 4. The van der Waals surface area contributed by atoms with Crippen LogP contribution in [0.3, 0.4) is 0 Å². The third-order valence-corrected chi connectivity index (χ3v) is 10.5. The van der Waals surface area contributed by atoms with Crippen molar-refractivity contribution in [3.05, 3.63) is 47.6 Å². The van der Waals surface area contributed by atoms with Crippen LogP contribution in [0.15, 0.2) is 47.6 Å². The number of rotatable bonds is 9. The number of Topliss-reactive ketones (excluding diaryl/α,β-unsaturated/α-hetero) is 1. The van der Waals surface area contributed by atoms with E-state index in [1.54, 1.807) is 0 Å². The average molecular weight is 511 g/mol. The molecule has 0 saturated heterocycles. The van der Waals surface area contributed by atoms with Gasteiger partial charge in [0.25, 0.3) is 0 Å². The zero-order chi connectivity index (χ0) is 27.0. The number of ketones is 1. The predicted octanol–water partition coefficient (Wildman–Crippen LogP) is 6.61. The first-order valence-corrected chi connectivity index (χ1v) is 14.8. The fraction of sp³-hybridized carbons (Fsp3) is 0.727. The second-order valence-electron chi connectivity index (χ2n) is 13.4. The van der Waals surface area contributed by atoms with Crippen molar-refractivity contribution in [2.45, 2.75) is 123 Å². The molecule has 4 fully saturated rings. The van der Waals surface area contributed by atoms with E-state index in [2.05, 4.69) is 52.5 Å². The minimum absolute atomic E-state index is 0.0696. The summed E-state index contributed by atoms with van der Waals surface area (Å²) < 4.78 is 0. The summed E-state index contributed by atoms with van der Waals surface area (Å²) in [4.78, 5) is 12.8. The Morgan fingerprint density at radius 3 is 2.59 bits per heavy atom. The average Bonchev–Trinajstić information content (AvgIpc) is 3.58. The Morgan fingerprint density at radius 1 is 1.19 bits per heavy atom. The Labute approximate surface area is 224 Å². The number of aliphatic hydroxyl groups is 3. The number of hydrogen-bond donors (Lipinski definition) is 3. The SMILES string of the molecule is C=C1C(=CC=C2CCC[C@]3(C)[C@@H](C(C)(C)C=C[C@H](O)C4(C(=O)CCCC)CC4)CC[C@@H]23)C[C@@H](O)C[C@@H]1O. The van der Waals surface area contributed by atoms with Gasteiger partial charge in [-0.1, -0.05) is 70.6 Å². The van der Waals surface area contributed by atoms with Crippen LogP contribution in [-0.4, -0.2) is 39.4 Å². The van der Waals surface area contributed by atoms with Gasteiger partial charge in [0.1, 0.15) is 5.78 Å². The Bertz CT molecular complexity index is 965. The minimum Gasteiger partial charge on any atom is -0.393 e. The summed E-state index contributed by atoms with van der Waals surface area (Å²) in [5.41, 5.74) is 2.81. The van der Waals surface area contributed by atoms with E-state index in [1.807, 2.05) is 6.08 Å². The van der Waals surface area contributed by atoms with E-state index in [1.165, 1.54) is 24.8 Å². The van der Waals surface area contributed by atoms with Crippen LogP contribution in [0.2, 0.25) is 0 Å². The van der Waals surface area contributed by atoms with Crippen LogP contribution >= 0.6 is 0 Å². The van der Waals surface area contributed by atoms with E-state index in [9.17, 15) is 20.1 Å². The molecule has 4 saturated carbocycles. The third kappa shape index (κ3) is 5.63. The number of fused-ring (bicyclic) bond motifs is 1. The third-order valence-electron chi connectivity index (χ3n) is 10.5. The topological polar surface area (TPSA) is 77.8 Å². The molecule has 0 aromatic rings. The van der Waals surface area contributed by atoms with Gasteiger partial charge < -0.3 is 15.3 Å². The Balaban J connectivity index is 1.48. The first kappa shape index (κ1) is 28.5. The zero-order valence-corrected chi connectivity index (χ0v) is 23.6. The Kier molecular flexibility index (Phi) is 8.43. The van der Waals surface area contributed by atoms with Crippen LogP contribution in [-0.2, 0) is 4.79 Å². The number of carbonyl (C=O) groups excluding carboxylic acids is 1. The lowest BCUT2D eigenvalue weighted by molar-refractivity contribution is -0.127. The molecule has 4 nitrogen and oxygen atoms in total. The molecular weight excluding hydrogens is 460 g/mol. The molecule has 6 atom stereocenters. The molecule has 37 heavy (non-hydrogen) atoms.